The number of hydrogen-bond acceptors (Lipinski definition) is 6. The van der Waals surface area contributed by atoms with E-state index in [-0.39, 0.29) is 26.9 Å². The van der Waals surface area contributed by atoms with E-state index in [1.54, 1.807) is 36.4 Å². The van der Waals surface area contributed by atoms with Crippen molar-refractivity contribution in [1.29, 1.82) is 0 Å². The third-order valence-electron chi connectivity index (χ3n) is 6.89. The van der Waals surface area contributed by atoms with E-state index in [9.17, 15) is 34.8 Å². The molecule has 5 rings (SSSR count). The summed E-state index contributed by atoms with van der Waals surface area (Å²) in [6.07, 6.45) is -4.66. The van der Waals surface area contributed by atoms with Crippen LogP contribution in [0.1, 0.15) is 11.1 Å². The van der Waals surface area contributed by atoms with E-state index in [4.69, 9.17) is 4.74 Å². The molecule has 0 bridgehead atoms. The number of ether oxygens (including phenoxy) is 1. The maximum absolute atomic E-state index is 13.8. The molecule has 0 fully saturated rings. The Morgan fingerprint density at radius 2 is 1.31 bits per heavy atom. The van der Waals surface area contributed by atoms with Crippen molar-refractivity contribution in [3.05, 3.63) is 139 Å². The highest BCUT2D eigenvalue weighted by molar-refractivity contribution is 7.93. The lowest BCUT2D eigenvalue weighted by Gasteiger charge is -2.24. The molecule has 0 heterocycles. The smallest absolute Gasteiger partial charge is 0.416 e. The zero-order valence-corrected chi connectivity index (χ0v) is 26.8. The largest absolute Gasteiger partial charge is 0.457 e. The number of sulfonamides is 2. The topological polar surface area (TPSA) is 122 Å². The molecule has 9 nitrogen and oxygen atoms in total. The van der Waals surface area contributed by atoms with Crippen LogP contribution < -0.4 is 19.1 Å². The van der Waals surface area contributed by atoms with Crippen LogP contribution in [0.15, 0.2) is 137 Å². The fourth-order valence-electron chi connectivity index (χ4n) is 4.48. The third-order valence-corrected chi connectivity index (χ3v) is 10.1. The van der Waals surface area contributed by atoms with Crippen LogP contribution in [0.5, 0.6) is 11.5 Å². The number of rotatable bonds is 11. The lowest BCUT2D eigenvalue weighted by Crippen LogP contribution is -2.38. The van der Waals surface area contributed by atoms with Gasteiger partial charge in [-0.25, -0.2) is 16.8 Å². The zero-order valence-electron chi connectivity index (χ0n) is 25.2. The van der Waals surface area contributed by atoms with Crippen molar-refractivity contribution >= 4 is 43.0 Å². The van der Waals surface area contributed by atoms with Gasteiger partial charge in [0.25, 0.3) is 20.0 Å². The fraction of sp³-hybridized carbons (Fsp3) is 0.0882. The van der Waals surface area contributed by atoms with Gasteiger partial charge in [0, 0.05) is 11.4 Å². The SMILES string of the molecule is Cc1ccc(S(=O)(=O)N(CC(=O)Nc2ccc(S(=O)(=O)Nc3cccc(C(F)(F)F)c3)cc2)c2ccc(Oc3ccccc3)cc2)cc1. The van der Waals surface area contributed by atoms with Crippen LogP contribution in [0, 0.1) is 6.92 Å². The number of carbonyl (C=O) groups excluding carboxylic acids is 1. The second kappa shape index (κ2) is 13.8. The number of anilines is 3. The highest BCUT2D eigenvalue weighted by Crippen LogP contribution is 2.32. The molecule has 2 N–H and O–H groups in total. The normalized spacial score (nSPS) is 11.8. The molecule has 48 heavy (non-hydrogen) atoms. The number of nitrogens with zero attached hydrogens (tertiary/aromatic N) is 1. The number of alkyl halides is 3. The first-order valence-corrected chi connectivity index (χ1v) is 17.2. The molecule has 0 aliphatic carbocycles. The molecule has 0 spiro atoms. The number of halogens is 3. The van der Waals surface area contributed by atoms with E-state index in [0.717, 1.165) is 34.1 Å². The Morgan fingerprint density at radius 1 is 0.708 bits per heavy atom. The number of carbonyl (C=O) groups is 1. The first kappa shape index (κ1) is 34.0. The predicted octanol–water partition coefficient (Wildman–Crippen LogP) is 7.44. The molecule has 14 heteroatoms. The first-order chi connectivity index (χ1) is 22.7. The summed E-state index contributed by atoms with van der Waals surface area (Å²) < 4.78 is 101. The van der Waals surface area contributed by atoms with Crippen LogP contribution in [0.2, 0.25) is 0 Å². The average Bonchev–Trinajstić information content (AvgIpc) is 3.04. The zero-order chi connectivity index (χ0) is 34.5. The number of para-hydroxylation sites is 1. The van der Waals surface area contributed by atoms with Gasteiger partial charge in [0.2, 0.25) is 5.91 Å². The Hall–Kier alpha value is -5.34. The van der Waals surface area contributed by atoms with E-state index >= 15 is 0 Å². The second-order valence-electron chi connectivity index (χ2n) is 10.5. The summed E-state index contributed by atoms with van der Waals surface area (Å²) >= 11 is 0. The van der Waals surface area contributed by atoms with E-state index in [1.165, 1.54) is 42.5 Å². The molecule has 0 atom stereocenters. The van der Waals surface area contributed by atoms with Gasteiger partial charge in [-0.15, -0.1) is 0 Å². The number of benzene rings is 5. The van der Waals surface area contributed by atoms with Gasteiger partial charge >= 0.3 is 6.18 Å². The van der Waals surface area contributed by atoms with Gasteiger partial charge < -0.3 is 10.1 Å². The Balaban J connectivity index is 1.33. The lowest BCUT2D eigenvalue weighted by molar-refractivity contribution is -0.137. The number of nitrogens with one attached hydrogen (secondary N) is 2. The Kier molecular flexibility index (Phi) is 9.77. The van der Waals surface area contributed by atoms with Gasteiger partial charge in [0.1, 0.15) is 18.0 Å². The summed E-state index contributed by atoms with van der Waals surface area (Å²) in [5, 5.41) is 2.56. The van der Waals surface area contributed by atoms with Crippen LogP contribution >= 0.6 is 0 Å². The second-order valence-corrected chi connectivity index (χ2v) is 14.0. The Bertz CT molecular complexity index is 2110. The maximum atomic E-state index is 13.8. The van der Waals surface area contributed by atoms with Gasteiger partial charge in [-0.05, 0) is 97.9 Å². The van der Waals surface area contributed by atoms with E-state index in [1.807, 2.05) is 25.1 Å². The third kappa shape index (κ3) is 8.32. The molecular formula is C34H28F3N3O6S2. The molecule has 0 aromatic heterocycles. The molecular weight excluding hydrogens is 668 g/mol. The molecule has 0 aliphatic rings. The van der Waals surface area contributed by atoms with Crippen molar-refractivity contribution in [3.63, 3.8) is 0 Å². The fourth-order valence-corrected chi connectivity index (χ4v) is 6.95. The summed E-state index contributed by atoms with van der Waals surface area (Å²) in [7, 11) is -8.50. The molecule has 248 valence electrons. The van der Waals surface area contributed by atoms with Crippen molar-refractivity contribution in [2.24, 2.45) is 0 Å². The van der Waals surface area contributed by atoms with Crippen molar-refractivity contribution in [3.8, 4) is 11.5 Å². The minimum Gasteiger partial charge on any atom is -0.457 e. The Morgan fingerprint density at radius 3 is 1.94 bits per heavy atom. The molecule has 0 saturated carbocycles. The summed E-state index contributed by atoms with van der Waals surface area (Å²) in [4.78, 5) is 12.9. The van der Waals surface area contributed by atoms with Crippen LogP contribution in [0.3, 0.4) is 0 Å². The standard InChI is InChI=1S/C34H28F3N3O6S2/c1-24-10-18-32(19-11-24)48(44,45)40(28-14-16-30(17-15-28)46-29-8-3-2-4-9-29)23-33(41)38-26-12-20-31(21-13-26)47(42,43)39-27-7-5-6-25(22-27)34(35,36)37/h2-22,39H,23H2,1H3,(H,38,41). The van der Waals surface area contributed by atoms with Gasteiger partial charge in [0.15, 0.2) is 0 Å². The summed E-state index contributed by atoms with van der Waals surface area (Å²) in [5.41, 5.74) is -0.117. The monoisotopic (exact) mass is 695 g/mol. The molecule has 0 aliphatic heterocycles. The van der Waals surface area contributed by atoms with E-state index in [2.05, 4.69) is 10.0 Å². The van der Waals surface area contributed by atoms with E-state index in [0.29, 0.717) is 17.6 Å². The van der Waals surface area contributed by atoms with Crippen LogP contribution in [0.25, 0.3) is 0 Å². The minimum absolute atomic E-state index is 0.0339. The average molecular weight is 696 g/mol. The van der Waals surface area contributed by atoms with Crippen molar-refractivity contribution in [2.45, 2.75) is 22.9 Å². The van der Waals surface area contributed by atoms with Crippen molar-refractivity contribution < 1.29 is 39.5 Å². The predicted molar refractivity (Wildman–Crippen MR) is 176 cm³/mol. The highest BCUT2D eigenvalue weighted by atomic mass is 32.2. The summed E-state index contributed by atoms with van der Waals surface area (Å²) in [5.74, 6) is 0.298. The number of hydrogen-bond donors (Lipinski definition) is 2. The number of aryl methyl sites for hydroxylation is 1. The molecule has 1 amide bonds. The van der Waals surface area contributed by atoms with E-state index < -0.39 is 44.2 Å². The van der Waals surface area contributed by atoms with Crippen molar-refractivity contribution in [1.82, 2.24) is 0 Å². The minimum atomic E-state index is -4.66. The molecule has 0 unspecified atom stereocenters. The van der Waals surface area contributed by atoms with Gasteiger partial charge in [-0.1, -0.05) is 42.0 Å². The molecule has 0 saturated heterocycles. The Labute approximate surface area is 275 Å². The van der Waals surface area contributed by atoms with Gasteiger partial charge in [-0.2, -0.15) is 13.2 Å². The summed E-state index contributed by atoms with van der Waals surface area (Å²) in [6, 6.07) is 29.9. The summed E-state index contributed by atoms with van der Waals surface area (Å²) in [6.45, 7) is 1.18. The van der Waals surface area contributed by atoms with Crippen molar-refractivity contribution in [2.75, 3.05) is 20.9 Å². The van der Waals surface area contributed by atoms with Crippen LogP contribution in [-0.4, -0.2) is 29.3 Å². The lowest BCUT2D eigenvalue weighted by atomic mass is 10.2. The molecule has 5 aromatic rings. The van der Waals surface area contributed by atoms with Gasteiger partial charge in [-0.3, -0.25) is 13.8 Å². The maximum Gasteiger partial charge on any atom is 0.416 e. The molecule has 0 radical (unpaired) electrons. The number of amides is 1. The first-order valence-electron chi connectivity index (χ1n) is 14.2. The van der Waals surface area contributed by atoms with Crippen LogP contribution in [-0.2, 0) is 31.0 Å². The van der Waals surface area contributed by atoms with Gasteiger partial charge in [0.05, 0.1) is 21.0 Å². The van der Waals surface area contributed by atoms with Crippen LogP contribution in [0.4, 0.5) is 30.2 Å². The quantitative estimate of drug-likeness (QED) is 0.148. The highest BCUT2D eigenvalue weighted by Gasteiger charge is 2.31. The molecule has 5 aromatic carbocycles.